The van der Waals surface area contributed by atoms with Crippen LogP contribution in [0.5, 0.6) is 5.75 Å². The van der Waals surface area contributed by atoms with E-state index in [1.165, 1.54) is 22.7 Å². The van der Waals surface area contributed by atoms with Gasteiger partial charge in [-0.05, 0) is 44.0 Å². The average molecular weight is 384 g/mol. The first-order valence-corrected chi connectivity index (χ1v) is 7.65. The van der Waals surface area contributed by atoms with Gasteiger partial charge < -0.3 is 9.84 Å². The van der Waals surface area contributed by atoms with Gasteiger partial charge in [0.05, 0.1) is 10.9 Å². The monoisotopic (exact) mass is 382 g/mol. The maximum atomic E-state index is 10.2. The van der Waals surface area contributed by atoms with E-state index in [-0.39, 0.29) is 0 Å². The molecule has 2 heterocycles. The van der Waals surface area contributed by atoms with E-state index in [4.69, 9.17) is 4.74 Å². The fraction of sp³-hybridized carbons (Fsp3) is 0.200. The highest BCUT2D eigenvalue weighted by Gasteiger charge is 2.17. The lowest BCUT2D eigenvalue weighted by Gasteiger charge is -2.04. The molecule has 6 heteroatoms. The molecular formula is C10H8Br2O2S2. The Morgan fingerprint density at radius 1 is 1.31 bits per heavy atom. The third-order valence-electron chi connectivity index (χ3n) is 2.03. The van der Waals surface area contributed by atoms with Crippen LogP contribution in [0.3, 0.4) is 0 Å². The SMILES string of the molecule is COc1csc(C(O)c2cc(Br)c(Br)s2)c1. The molecule has 0 aliphatic heterocycles. The van der Waals surface area contributed by atoms with E-state index >= 15 is 0 Å². The summed E-state index contributed by atoms with van der Waals surface area (Å²) in [6.45, 7) is 0. The van der Waals surface area contributed by atoms with Crippen molar-refractivity contribution in [3.05, 3.63) is 35.5 Å². The summed E-state index contributed by atoms with van der Waals surface area (Å²) in [6.07, 6.45) is -0.582. The van der Waals surface area contributed by atoms with Crippen molar-refractivity contribution in [1.29, 1.82) is 0 Å². The van der Waals surface area contributed by atoms with Crippen molar-refractivity contribution in [3.8, 4) is 5.75 Å². The molecule has 0 aliphatic rings. The highest BCUT2D eigenvalue weighted by molar-refractivity contribution is 9.13. The standard InChI is InChI=1S/C10H8Br2O2S2/c1-14-5-2-7(15-4-5)9(13)8-3-6(11)10(12)16-8/h2-4,9,13H,1H3. The number of thiophene rings is 2. The molecule has 0 amide bonds. The molecule has 1 atom stereocenters. The summed E-state index contributed by atoms with van der Waals surface area (Å²) in [5, 5.41) is 12.0. The zero-order chi connectivity index (χ0) is 11.7. The second kappa shape index (κ2) is 5.18. The van der Waals surface area contributed by atoms with Crippen LogP contribution in [-0.2, 0) is 0 Å². The molecule has 1 N–H and O–H groups in total. The minimum Gasteiger partial charge on any atom is -0.496 e. The zero-order valence-electron chi connectivity index (χ0n) is 8.24. The van der Waals surface area contributed by atoms with Gasteiger partial charge in [-0.25, -0.2) is 0 Å². The lowest BCUT2D eigenvalue weighted by molar-refractivity contribution is 0.227. The molecule has 2 aromatic heterocycles. The van der Waals surface area contributed by atoms with Gasteiger partial charge in [0.25, 0.3) is 0 Å². The van der Waals surface area contributed by atoms with Gasteiger partial charge in [-0.15, -0.1) is 22.7 Å². The van der Waals surface area contributed by atoms with Crippen molar-refractivity contribution in [1.82, 2.24) is 0 Å². The first-order chi connectivity index (χ1) is 7.61. The van der Waals surface area contributed by atoms with Crippen LogP contribution in [-0.4, -0.2) is 12.2 Å². The van der Waals surface area contributed by atoms with Crippen molar-refractivity contribution < 1.29 is 9.84 Å². The molecule has 2 aromatic rings. The van der Waals surface area contributed by atoms with E-state index in [1.54, 1.807) is 7.11 Å². The quantitative estimate of drug-likeness (QED) is 0.849. The Bertz CT molecular complexity index is 473. The van der Waals surface area contributed by atoms with Gasteiger partial charge in [0.2, 0.25) is 0 Å². The van der Waals surface area contributed by atoms with Crippen LogP contribution in [0, 0.1) is 0 Å². The van der Waals surface area contributed by atoms with E-state index < -0.39 is 6.10 Å². The molecule has 1 unspecified atom stereocenters. The molecule has 0 spiro atoms. The Balaban J connectivity index is 2.27. The van der Waals surface area contributed by atoms with Crippen molar-refractivity contribution >= 4 is 54.5 Å². The predicted octanol–water partition coefficient (Wildman–Crippen LogP) is 4.42. The number of hydrogen-bond donors (Lipinski definition) is 1. The smallest absolute Gasteiger partial charge is 0.129 e. The van der Waals surface area contributed by atoms with Crippen LogP contribution in [0.25, 0.3) is 0 Å². The molecule has 2 nitrogen and oxygen atoms in total. The topological polar surface area (TPSA) is 29.5 Å². The summed E-state index contributed by atoms with van der Waals surface area (Å²) < 4.78 is 7.05. The predicted molar refractivity (Wildman–Crippen MR) is 74.7 cm³/mol. The molecule has 16 heavy (non-hydrogen) atoms. The number of aliphatic hydroxyl groups excluding tert-OH is 1. The molecule has 0 aliphatic carbocycles. The summed E-state index contributed by atoms with van der Waals surface area (Å²) in [5.74, 6) is 0.786. The van der Waals surface area contributed by atoms with E-state index in [1.807, 2.05) is 17.5 Å². The minimum atomic E-state index is -0.582. The second-order valence-corrected chi connectivity index (χ2v) is 7.26. The summed E-state index contributed by atoms with van der Waals surface area (Å²) >= 11 is 9.83. The molecule has 2 rings (SSSR count). The van der Waals surface area contributed by atoms with Gasteiger partial charge in [-0.3, -0.25) is 0 Å². The zero-order valence-corrected chi connectivity index (χ0v) is 13.0. The largest absolute Gasteiger partial charge is 0.496 e. The number of halogens is 2. The maximum Gasteiger partial charge on any atom is 0.129 e. The lowest BCUT2D eigenvalue weighted by Crippen LogP contribution is -1.92. The minimum absolute atomic E-state index is 0.582. The third-order valence-corrected chi connectivity index (χ3v) is 6.31. The molecule has 86 valence electrons. The van der Waals surface area contributed by atoms with Crippen molar-refractivity contribution in [2.45, 2.75) is 6.10 Å². The lowest BCUT2D eigenvalue weighted by atomic mass is 10.2. The van der Waals surface area contributed by atoms with Gasteiger partial charge in [0.15, 0.2) is 0 Å². The van der Waals surface area contributed by atoms with Gasteiger partial charge in [-0.1, -0.05) is 0 Å². The van der Waals surface area contributed by atoms with Crippen LogP contribution in [0.2, 0.25) is 0 Å². The molecular weight excluding hydrogens is 376 g/mol. The number of aliphatic hydroxyl groups is 1. The number of hydrogen-bond acceptors (Lipinski definition) is 4. The van der Waals surface area contributed by atoms with Crippen molar-refractivity contribution in [3.63, 3.8) is 0 Å². The van der Waals surface area contributed by atoms with Crippen LogP contribution in [0.4, 0.5) is 0 Å². The van der Waals surface area contributed by atoms with E-state index in [2.05, 4.69) is 31.9 Å². The highest BCUT2D eigenvalue weighted by Crippen LogP contribution is 2.39. The van der Waals surface area contributed by atoms with E-state index in [9.17, 15) is 5.11 Å². The average Bonchev–Trinajstić information content (AvgIpc) is 2.86. The Labute approximate surface area is 118 Å². The number of ether oxygens (including phenoxy) is 1. The second-order valence-electron chi connectivity index (χ2n) is 3.06. The summed E-state index contributed by atoms with van der Waals surface area (Å²) in [6, 6.07) is 3.78. The van der Waals surface area contributed by atoms with E-state index in [0.717, 1.165) is 23.8 Å². The van der Waals surface area contributed by atoms with E-state index in [0.29, 0.717) is 0 Å². The number of rotatable bonds is 3. The van der Waals surface area contributed by atoms with Gasteiger partial charge >= 0.3 is 0 Å². The Morgan fingerprint density at radius 3 is 2.56 bits per heavy atom. The molecule has 0 saturated heterocycles. The summed E-state index contributed by atoms with van der Waals surface area (Å²) in [4.78, 5) is 1.79. The Morgan fingerprint density at radius 2 is 2.06 bits per heavy atom. The van der Waals surface area contributed by atoms with Crippen LogP contribution < -0.4 is 4.74 Å². The first-order valence-electron chi connectivity index (χ1n) is 4.37. The maximum absolute atomic E-state index is 10.2. The fourth-order valence-electron chi connectivity index (χ4n) is 1.22. The van der Waals surface area contributed by atoms with Crippen molar-refractivity contribution in [2.75, 3.05) is 7.11 Å². The first kappa shape index (κ1) is 12.6. The Kier molecular flexibility index (Phi) is 4.07. The Hall–Kier alpha value is 0.120. The molecule has 0 saturated carbocycles. The summed E-state index contributed by atoms with van der Waals surface area (Å²) in [5.41, 5.74) is 0. The van der Waals surface area contributed by atoms with Crippen molar-refractivity contribution in [2.24, 2.45) is 0 Å². The highest BCUT2D eigenvalue weighted by atomic mass is 79.9. The molecule has 0 bridgehead atoms. The summed E-state index contributed by atoms with van der Waals surface area (Å²) in [7, 11) is 1.62. The van der Waals surface area contributed by atoms with Gasteiger partial charge in [0, 0.05) is 19.6 Å². The van der Waals surface area contributed by atoms with Crippen LogP contribution >= 0.6 is 54.5 Å². The van der Waals surface area contributed by atoms with Crippen LogP contribution in [0.15, 0.2) is 25.8 Å². The number of methoxy groups -OCH3 is 1. The normalized spacial score (nSPS) is 12.8. The van der Waals surface area contributed by atoms with Crippen LogP contribution in [0.1, 0.15) is 15.9 Å². The van der Waals surface area contributed by atoms with Gasteiger partial charge in [0.1, 0.15) is 11.9 Å². The molecule has 0 aromatic carbocycles. The molecule has 0 fully saturated rings. The van der Waals surface area contributed by atoms with Gasteiger partial charge in [-0.2, -0.15) is 0 Å². The molecule has 0 radical (unpaired) electrons. The fourth-order valence-corrected chi connectivity index (χ4v) is 4.25. The third kappa shape index (κ3) is 2.51.